The van der Waals surface area contributed by atoms with Crippen LogP contribution in [0, 0.1) is 13.8 Å². The number of aryl methyl sites for hydroxylation is 2. The van der Waals surface area contributed by atoms with Crippen LogP contribution < -0.4 is 5.32 Å². The monoisotopic (exact) mass is 378 g/mol. The number of thioether (sulfide) groups is 1. The number of fused-ring (bicyclic) bond motifs is 1. The lowest BCUT2D eigenvalue weighted by atomic mass is 10.1. The zero-order chi connectivity index (χ0) is 18.8. The van der Waals surface area contributed by atoms with Gasteiger partial charge < -0.3 is 10.2 Å². The van der Waals surface area contributed by atoms with Crippen LogP contribution >= 0.6 is 11.8 Å². The van der Waals surface area contributed by atoms with Gasteiger partial charge in [-0.3, -0.25) is 4.79 Å². The topological polar surface area (TPSA) is 58.1 Å². The first-order valence-corrected chi connectivity index (χ1v) is 10.2. The molecule has 0 spiro atoms. The normalized spacial score (nSPS) is 14.4. The molecule has 1 saturated heterocycles. The smallest absolute Gasteiger partial charge is 0.257 e. The summed E-state index contributed by atoms with van der Waals surface area (Å²) in [6, 6.07) is 12.1. The number of carbonyl (C=O) groups is 1. The minimum absolute atomic E-state index is 0.0277. The summed E-state index contributed by atoms with van der Waals surface area (Å²) in [7, 11) is 0. The average Bonchev–Trinajstić information content (AvgIpc) is 2.70. The Morgan fingerprint density at radius 2 is 1.81 bits per heavy atom. The molecule has 0 bridgehead atoms. The minimum Gasteiger partial charge on any atom is -0.354 e. The number of anilines is 2. The molecule has 3 heterocycles. The molecule has 1 amide bonds. The SMILES string of the molecule is Cc1ccc(Nc2c(C(=O)N3CCSCC3)cnc3nc(C)ccc23)cc1. The van der Waals surface area contributed by atoms with Gasteiger partial charge in [0.25, 0.3) is 5.91 Å². The fourth-order valence-electron chi connectivity index (χ4n) is 3.19. The molecule has 1 aromatic carbocycles. The van der Waals surface area contributed by atoms with E-state index in [1.165, 1.54) is 5.56 Å². The molecule has 27 heavy (non-hydrogen) atoms. The van der Waals surface area contributed by atoms with Gasteiger partial charge in [0.1, 0.15) is 0 Å². The molecule has 5 nitrogen and oxygen atoms in total. The van der Waals surface area contributed by atoms with Gasteiger partial charge >= 0.3 is 0 Å². The number of amides is 1. The highest BCUT2D eigenvalue weighted by Crippen LogP contribution is 2.30. The number of pyridine rings is 2. The third kappa shape index (κ3) is 3.76. The number of hydrogen-bond donors (Lipinski definition) is 1. The highest BCUT2D eigenvalue weighted by Gasteiger charge is 2.23. The van der Waals surface area contributed by atoms with Crippen molar-refractivity contribution >= 4 is 40.1 Å². The first-order valence-electron chi connectivity index (χ1n) is 9.09. The second-order valence-corrected chi connectivity index (χ2v) is 7.99. The van der Waals surface area contributed by atoms with Crippen LogP contribution in [-0.2, 0) is 0 Å². The van der Waals surface area contributed by atoms with Crippen molar-refractivity contribution in [3.8, 4) is 0 Å². The van der Waals surface area contributed by atoms with Crippen LogP contribution in [0.25, 0.3) is 11.0 Å². The summed E-state index contributed by atoms with van der Waals surface area (Å²) in [6.45, 7) is 5.55. The van der Waals surface area contributed by atoms with E-state index < -0.39 is 0 Å². The lowest BCUT2D eigenvalue weighted by Crippen LogP contribution is -2.38. The van der Waals surface area contributed by atoms with Crippen molar-refractivity contribution in [2.45, 2.75) is 13.8 Å². The highest BCUT2D eigenvalue weighted by molar-refractivity contribution is 7.99. The summed E-state index contributed by atoms with van der Waals surface area (Å²) in [5.41, 5.74) is 5.07. The second-order valence-electron chi connectivity index (χ2n) is 6.77. The van der Waals surface area contributed by atoms with E-state index in [-0.39, 0.29) is 5.91 Å². The number of rotatable bonds is 3. The van der Waals surface area contributed by atoms with Gasteiger partial charge in [0.05, 0.1) is 11.3 Å². The van der Waals surface area contributed by atoms with E-state index in [1.54, 1.807) is 6.20 Å². The summed E-state index contributed by atoms with van der Waals surface area (Å²) in [5, 5.41) is 4.31. The molecule has 138 valence electrons. The molecule has 2 aromatic heterocycles. The third-order valence-electron chi connectivity index (χ3n) is 4.72. The van der Waals surface area contributed by atoms with Gasteiger partial charge in [-0.15, -0.1) is 0 Å². The Bertz CT molecular complexity index is 981. The maximum absolute atomic E-state index is 13.2. The molecule has 3 aromatic rings. The zero-order valence-electron chi connectivity index (χ0n) is 15.5. The van der Waals surface area contributed by atoms with E-state index in [2.05, 4.69) is 34.3 Å². The van der Waals surface area contributed by atoms with Gasteiger partial charge in [-0.05, 0) is 38.1 Å². The molecule has 1 aliphatic heterocycles. The van der Waals surface area contributed by atoms with Crippen LogP contribution in [0.3, 0.4) is 0 Å². The van der Waals surface area contributed by atoms with Crippen LogP contribution in [0.4, 0.5) is 11.4 Å². The van der Waals surface area contributed by atoms with E-state index in [1.807, 2.05) is 47.9 Å². The van der Waals surface area contributed by atoms with E-state index in [4.69, 9.17) is 0 Å². The van der Waals surface area contributed by atoms with Gasteiger partial charge in [0.15, 0.2) is 5.65 Å². The fourth-order valence-corrected chi connectivity index (χ4v) is 4.09. The summed E-state index contributed by atoms with van der Waals surface area (Å²) < 4.78 is 0. The highest BCUT2D eigenvalue weighted by atomic mass is 32.2. The van der Waals surface area contributed by atoms with Crippen molar-refractivity contribution in [3.05, 3.63) is 59.4 Å². The standard InChI is InChI=1S/C21H22N4OS/c1-14-3-6-16(7-4-14)24-19-17-8-5-15(2)23-20(17)22-13-18(19)21(26)25-9-11-27-12-10-25/h3-8,13H,9-12H2,1-2H3,(H,22,23,24). The van der Waals surface area contributed by atoms with Crippen LogP contribution in [0.15, 0.2) is 42.6 Å². The Morgan fingerprint density at radius 1 is 1.07 bits per heavy atom. The van der Waals surface area contributed by atoms with Crippen molar-refractivity contribution in [1.29, 1.82) is 0 Å². The van der Waals surface area contributed by atoms with E-state index in [0.29, 0.717) is 11.2 Å². The molecule has 0 radical (unpaired) electrons. The summed E-state index contributed by atoms with van der Waals surface area (Å²) >= 11 is 1.89. The van der Waals surface area contributed by atoms with Gasteiger partial charge in [-0.1, -0.05) is 17.7 Å². The van der Waals surface area contributed by atoms with Crippen LogP contribution in [0.1, 0.15) is 21.6 Å². The fraction of sp³-hybridized carbons (Fsp3) is 0.286. The number of aromatic nitrogens is 2. The Morgan fingerprint density at radius 3 is 2.56 bits per heavy atom. The average molecular weight is 379 g/mol. The molecule has 4 rings (SSSR count). The Hall–Kier alpha value is -2.60. The number of nitrogens with one attached hydrogen (secondary N) is 1. The second kappa shape index (κ2) is 7.56. The van der Waals surface area contributed by atoms with Gasteiger partial charge in [0, 0.05) is 47.6 Å². The van der Waals surface area contributed by atoms with Crippen LogP contribution in [-0.4, -0.2) is 45.4 Å². The molecule has 1 aliphatic rings. The summed E-state index contributed by atoms with van der Waals surface area (Å²) in [6.07, 6.45) is 1.66. The number of benzene rings is 1. The van der Waals surface area contributed by atoms with Crippen molar-refractivity contribution in [1.82, 2.24) is 14.9 Å². The first kappa shape index (κ1) is 17.8. The number of carbonyl (C=O) groups excluding carboxylic acids is 1. The molecular formula is C21H22N4OS. The van der Waals surface area contributed by atoms with Crippen LogP contribution in [0.2, 0.25) is 0 Å². The molecule has 0 saturated carbocycles. The lowest BCUT2D eigenvalue weighted by molar-refractivity contribution is 0.0773. The predicted octanol–water partition coefficient (Wildman–Crippen LogP) is 4.18. The molecule has 0 atom stereocenters. The van der Waals surface area contributed by atoms with Gasteiger partial charge in [0.2, 0.25) is 0 Å². The van der Waals surface area contributed by atoms with E-state index >= 15 is 0 Å². The maximum Gasteiger partial charge on any atom is 0.257 e. The number of nitrogens with zero attached hydrogens (tertiary/aromatic N) is 3. The first-order chi connectivity index (χ1) is 13.1. The van der Waals surface area contributed by atoms with Crippen molar-refractivity contribution in [2.75, 3.05) is 29.9 Å². The quantitative estimate of drug-likeness (QED) is 0.741. The number of hydrogen-bond acceptors (Lipinski definition) is 5. The minimum atomic E-state index is 0.0277. The summed E-state index contributed by atoms with van der Waals surface area (Å²) in [4.78, 5) is 24.1. The molecule has 0 aliphatic carbocycles. The predicted molar refractivity (Wildman–Crippen MR) is 112 cm³/mol. The Balaban J connectivity index is 1.80. The van der Waals surface area contributed by atoms with E-state index in [0.717, 1.165) is 47.1 Å². The lowest BCUT2D eigenvalue weighted by Gasteiger charge is -2.27. The van der Waals surface area contributed by atoms with Crippen molar-refractivity contribution < 1.29 is 4.79 Å². The Labute approximate surface area is 163 Å². The van der Waals surface area contributed by atoms with Crippen molar-refractivity contribution in [2.24, 2.45) is 0 Å². The van der Waals surface area contributed by atoms with Crippen molar-refractivity contribution in [3.63, 3.8) is 0 Å². The zero-order valence-corrected chi connectivity index (χ0v) is 16.3. The van der Waals surface area contributed by atoms with Gasteiger partial charge in [-0.25, -0.2) is 9.97 Å². The molecule has 1 N–H and O–H groups in total. The molecular weight excluding hydrogens is 356 g/mol. The molecule has 6 heteroatoms. The maximum atomic E-state index is 13.2. The summed E-state index contributed by atoms with van der Waals surface area (Å²) in [5.74, 6) is 1.99. The third-order valence-corrected chi connectivity index (χ3v) is 5.66. The van der Waals surface area contributed by atoms with Crippen LogP contribution in [0.5, 0.6) is 0 Å². The largest absolute Gasteiger partial charge is 0.354 e. The van der Waals surface area contributed by atoms with E-state index in [9.17, 15) is 4.79 Å². The molecule has 0 unspecified atom stereocenters. The molecule has 1 fully saturated rings. The Kier molecular flexibility index (Phi) is 4.99. The van der Waals surface area contributed by atoms with Gasteiger partial charge in [-0.2, -0.15) is 11.8 Å².